The number of aryl methyl sites for hydroxylation is 1. The number of carboxylic acids is 1. The molecule has 3 aromatic carbocycles. The molecule has 1 heterocycles. The Morgan fingerprint density at radius 1 is 1.08 bits per heavy atom. The minimum absolute atomic E-state index is 0.0592. The van der Waals surface area contributed by atoms with Gasteiger partial charge in [0, 0.05) is 22.7 Å². The van der Waals surface area contributed by atoms with E-state index < -0.39 is 29.7 Å². The second kappa shape index (κ2) is 11.5. The van der Waals surface area contributed by atoms with Crippen LogP contribution in [-0.4, -0.2) is 40.2 Å². The van der Waals surface area contributed by atoms with Gasteiger partial charge < -0.3 is 24.3 Å². The monoisotopic (exact) mass is 582 g/mol. The molecular formula is C26H22ClF3N2O6S. The van der Waals surface area contributed by atoms with Gasteiger partial charge >= 0.3 is 12.1 Å². The van der Waals surface area contributed by atoms with Crippen molar-refractivity contribution in [1.29, 1.82) is 0 Å². The highest BCUT2D eigenvalue weighted by Gasteiger charge is 2.28. The minimum atomic E-state index is -4.52. The summed E-state index contributed by atoms with van der Waals surface area (Å²) in [6, 6.07) is 13.7. The van der Waals surface area contributed by atoms with Gasteiger partial charge in [-0.3, -0.25) is 9.52 Å². The van der Waals surface area contributed by atoms with Crippen LogP contribution in [0.5, 0.6) is 23.0 Å². The van der Waals surface area contributed by atoms with Crippen molar-refractivity contribution >= 4 is 45.1 Å². The van der Waals surface area contributed by atoms with Crippen LogP contribution in [0.2, 0.25) is 5.02 Å². The normalized spacial score (nSPS) is 12.3. The maximum atomic E-state index is 13.3. The summed E-state index contributed by atoms with van der Waals surface area (Å²) in [6.07, 6.45) is -4.71. The van der Waals surface area contributed by atoms with Crippen molar-refractivity contribution < 1.29 is 41.5 Å². The van der Waals surface area contributed by atoms with Crippen LogP contribution in [0.4, 0.5) is 18.9 Å². The lowest BCUT2D eigenvalue weighted by Gasteiger charge is -2.17. The van der Waals surface area contributed by atoms with Crippen LogP contribution in [0.1, 0.15) is 11.3 Å². The second-order valence-electron chi connectivity index (χ2n) is 8.38. The van der Waals surface area contributed by atoms with Gasteiger partial charge in [-0.2, -0.15) is 13.2 Å². The molecule has 0 aliphatic heterocycles. The molecule has 4 aromatic rings. The third kappa shape index (κ3) is 6.95. The van der Waals surface area contributed by atoms with Crippen molar-refractivity contribution in [2.45, 2.75) is 24.4 Å². The molecule has 0 amide bonds. The fourth-order valence-electron chi connectivity index (χ4n) is 3.75. The molecule has 1 unspecified atom stereocenters. The van der Waals surface area contributed by atoms with E-state index in [-0.39, 0.29) is 33.6 Å². The predicted molar refractivity (Wildman–Crippen MR) is 140 cm³/mol. The summed E-state index contributed by atoms with van der Waals surface area (Å²) in [7, 11) is -0.538. The third-order valence-electron chi connectivity index (χ3n) is 5.40. The summed E-state index contributed by atoms with van der Waals surface area (Å²) in [5.74, 6) is -0.254. The lowest BCUT2D eigenvalue weighted by Crippen LogP contribution is -2.19. The zero-order chi connectivity index (χ0) is 28.3. The maximum absolute atomic E-state index is 13.3. The lowest BCUT2D eigenvalue weighted by atomic mass is 10.1. The first-order valence-electron chi connectivity index (χ1n) is 11.3. The average molecular weight is 583 g/mol. The van der Waals surface area contributed by atoms with Crippen LogP contribution < -0.4 is 18.9 Å². The van der Waals surface area contributed by atoms with Crippen molar-refractivity contribution in [3.8, 4) is 23.0 Å². The van der Waals surface area contributed by atoms with Crippen molar-refractivity contribution in [2.75, 3.05) is 18.4 Å². The van der Waals surface area contributed by atoms with Gasteiger partial charge in [0.2, 0.25) is 0 Å². The van der Waals surface area contributed by atoms with Gasteiger partial charge in [-0.05, 0) is 55.0 Å². The minimum Gasteiger partial charge on any atom is -0.493 e. The molecule has 0 spiro atoms. The second-order valence-corrected chi connectivity index (χ2v) is 9.97. The Bertz CT molecular complexity index is 1560. The Morgan fingerprint density at radius 3 is 2.49 bits per heavy atom. The number of alkyl halides is 3. The largest absolute Gasteiger partial charge is 0.493 e. The number of rotatable bonds is 10. The predicted octanol–water partition coefficient (Wildman–Crippen LogP) is 6.63. The van der Waals surface area contributed by atoms with Crippen molar-refractivity contribution in [2.24, 2.45) is 0 Å². The number of aromatic amines is 1. The topological polar surface area (TPSA) is 110 Å². The molecule has 0 fully saturated rings. The number of fused-ring (bicyclic) bond motifs is 1. The number of nitrogens with one attached hydrogen (secondary N) is 2. The number of halogens is 4. The molecule has 4 rings (SSSR count). The molecule has 1 aromatic heterocycles. The Balaban J connectivity index is 1.66. The Hall–Kier alpha value is -3.90. The van der Waals surface area contributed by atoms with Gasteiger partial charge in [0.25, 0.3) is 0 Å². The van der Waals surface area contributed by atoms with Gasteiger partial charge in [-0.1, -0.05) is 17.7 Å². The van der Waals surface area contributed by atoms with Crippen LogP contribution in [0.3, 0.4) is 0 Å². The molecule has 39 heavy (non-hydrogen) atoms. The zero-order valence-corrected chi connectivity index (χ0v) is 22.1. The average Bonchev–Trinajstić information content (AvgIpc) is 3.24. The summed E-state index contributed by atoms with van der Waals surface area (Å²) in [4.78, 5) is 14.4. The number of benzene rings is 3. The molecule has 206 valence electrons. The van der Waals surface area contributed by atoms with Gasteiger partial charge in [-0.15, -0.1) is 0 Å². The molecular weight excluding hydrogens is 561 g/mol. The van der Waals surface area contributed by atoms with Crippen LogP contribution in [0, 0.1) is 6.92 Å². The van der Waals surface area contributed by atoms with Gasteiger partial charge in [0.15, 0.2) is 34.8 Å². The number of anilines is 1. The number of hydrogen-bond acceptors (Lipinski definition) is 5. The Labute approximate surface area is 228 Å². The molecule has 0 saturated heterocycles. The van der Waals surface area contributed by atoms with E-state index in [9.17, 15) is 22.2 Å². The smallest absolute Gasteiger partial charge is 0.422 e. The number of methoxy groups -OCH3 is 1. The van der Waals surface area contributed by atoms with E-state index in [1.165, 1.54) is 19.2 Å². The van der Waals surface area contributed by atoms with Crippen LogP contribution in [0.15, 0.2) is 59.5 Å². The van der Waals surface area contributed by atoms with E-state index in [0.29, 0.717) is 22.4 Å². The van der Waals surface area contributed by atoms with E-state index in [1.54, 1.807) is 30.3 Å². The number of ether oxygens (including phenoxy) is 3. The third-order valence-corrected chi connectivity index (χ3v) is 6.97. The van der Waals surface area contributed by atoms with Gasteiger partial charge in [0.05, 0.1) is 29.1 Å². The van der Waals surface area contributed by atoms with Crippen molar-refractivity contribution in [3.05, 3.63) is 70.9 Å². The van der Waals surface area contributed by atoms with E-state index >= 15 is 0 Å². The molecule has 0 saturated carbocycles. The van der Waals surface area contributed by atoms with E-state index in [2.05, 4.69) is 9.71 Å². The SMILES string of the molecule is COc1cc(CC(=O)O)ccc1Oc1ccc2[nH]c(C)cc2c1NS(=O)c1ccc(OCC(F)(F)F)cc1Cl. The quantitative estimate of drug-likeness (QED) is 0.193. The van der Waals surface area contributed by atoms with Gasteiger partial charge in [-0.25, -0.2) is 4.21 Å². The number of aromatic nitrogens is 1. The summed E-state index contributed by atoms with van der Waals surface area (Å²) in [5, 5.41) is 9.67. The Morgan fingerprint density at radius 2 is 1.82 bits per heavy atom. The molecule has 0 aliphatic rings. The van der Waals surface area contributed by atoms with Crippen LogP contribution in [-0.2, 0) is 22.2 Å². The first-order valence-corrected chi connectivity index (χ1v) is 12.8. The fraction of sp³-hybridized carbons (Fsp3) is 0.192. The lowest BCUT2D eigenvalue weighted by molar-refractivity contribution is -0.153. The molecule has 3 N–H and O–H groups in total. The highest BCUT2D eigenvalue weighted by atomic mass is 35.5. The highest BCUT2D eigenvalue weighted by molar-refractivity contribution is 7.86. The Kier molecular flexibility index (Phi) is 8.26. The molecule has 0 radical (unpaired) electrons. The number of carboxylic acid groups (broad SMARTS) is 1. The number of H-pyrrole nitrogens is 1. The summed E-state index contributed by atoms with van der Waals surface area (Å²) in [6.45, 7) is 0.363. The zero-order valence-electron chi connectivity index (χ0n) is 20.5. The number of carbonyl (C=O) groups is 1. The highest BCUT2D eigenvalue weighted by Crippen LogP contribution is 2.41. The van der Waals surface area contributed by atoms with E-state index in [1.807, 2.05) is 13.0 Å². The molecule has 0 bridgehead atoms. The fourth-order valence-corrected chi connectivity index (χ4v) is 5.06. The molecule has 13 heteroatoms. The number of aliphatic carboxylic acids is 1. The van der Waals surface area contributed by atoms with E-state index in [0.717, 1.165) is 17.3 Å². The van der Waals surface area contributed by atoms with Crippen LogP contribution >= 0.6 is 11.6 Å². The van der Waals surface area contributed by atoms with Crippen molar-refractivity contribution in [3.63, 3.8) is 0 Å². The van der Waals surface area contributed by atoms with E-state index in [4.69, 9.17) is 30.9 Å². The standard InChI is InChI=1S/C26H22ClF3N2O6S/c1-14-9-17-19(31-14)5-7-21(38-20-6-3-15(11-24(33)34)10-22(20)36-2)25(17)32-39(35)23-8-4-16(12-18(23)27)37-13-26(28,29)30/h3-10,12,31-32H,11,13H2,1-2H3,(H,33,34). The number of hydrogen-bond donors (Lipinski definition) is 3. The summed E-state index contributed by atoms with van der Waals surface area (Å²) >= 11 is 6.23. The van der Waals surface area contributed by atoms with Crippen molar-refractivity contribution in [1.82, 2.24) is 4.98 Å². The molecule has 1 atom stereocenters. The first-order chi connectivity index (χ1) is 18.4. The maximum Gasteiger partial charge on any atom is 0.422 e. The summed E-state index contributed by atoms with van der Waals surface area (Å²) < 4.78 is 69.9. The molecule has 8 nitrogen and oxygen atoms in total. The van der Waals surface area contributed by atoms with Crippen LogP contribution in [0.25, 0.3) is 10.9 Å². The summed E-state index contributed by atoms with van der Waals surface area (Å²) in [5.41, 5.74) is 2.42. The van der Waals surface area contributed by atoms with Gasteiger partial charge in [0.1, 0.15) is 5.75 Å². The molecule has 0 aliphatic carbocycles. The first kappa shape index (κ1) is 28.1.